The van der Waals surface area contributed by atoms with Crippen molar-refractivity contribution < 1.29 is 4.39 Å². The quantitative estimate of drug-likeness (QED) is 0.597. The first-order valence-corrected chi connectivity index (χ1v) is 5.23. The van der Waals surface area contributed by atoms with E-state index >= 15 is 0 Å². The van der Waals surface area contributed by atoms with E-state index in [4.69, 9.17) is 5.73 Å². The molecule has 0 radical (unpaired) electrons. The van der Waals surface area contributed by atoms with E-state index in [1.54, 1.807) is 17.8 Å². The zero-order valence-electron chi connectivity index (χ0n) is 7.88. The van der Waals surface area contributed by atoms with Crippen LogP contribution in [0.5, 0.6) is 0 Å². The van der Waals surface area contributed by atoms with Crippen LogP contribution in [-0.2, 0) is 0 Å². The maximum atomic E-state index is 13.0. The summed E-state index contributed by atoms with van der Waals surface area (Å²) in [4.78, 5) is 0.842. The molecule has 1 nitrogen and oxygen atoms in total. The topological polar surface area (TPSA) is 26.0 Å². The number of thioether (sulfide) groups is 1. The van der Waals surface area contributed by atoms with Gasteiger partial charge in [0.05, 0.1) is 5.69 Å². The van der Waals surface area contributed by atoms with Gasteiger partial charge in [0, 0.05) is 10.1 Å². The van der Waals surface area contributed by atoms with Crippen LogP contribution in [0.15, 0.2) is 23.1 Å². The summed E-state index contributed by atoms with van der Waals surface area (Å²) in [5.41, 5.74) is 5.86. The molecule has 0 fully saturated rings. The predicted molar refractivity (Wildman–Crippen MR) is 56.4 cm³/mol. The summed E-state index contributed by atoms with van der Waals surface area (Å²) < 4.78 is 13.0. The summed E-state index contributed by atoms with van der Waals surface area (Å²) in [6, 6.07) is 4.93. The standard InChI is InChI=1S/C10H14FNS/c1-3-7(2)13-9-6-4-5-8(11)10(9)12/h4-7H,3,12H2,1-2H3. The van der Waals surface area contributed by atoms with Crippen molar-refractivity contribution in [3.05, 3.63) is 24.0 Å². The molecule has 1 aromatic rings. The Labute approximate surface area is 82.5 Å². The molecular weight excluding hydrogens is 185 g/mol. The first-order valence-electron chi connectivity index (χ1n) is 4.35. The molecule has 0 spiro atoms. The highest BCUT2D eigenvalue weighted by Gasteiger charge is 2.07. The van der Waals surface area contributed by atoms with E-state index < -0.39 is 0 Å². The number of nitrogen functional groups attached to an aromatic ring is 1. The number of para-hydroxylation sites is 1. The SMILES string of the molecule is CCC(C)Sc1cccc(F)c1N. The zero-order chi connectivity index (χ0) is 9.84. The lowest BCUT2D eigenvalue weighted by Gasteiger charge is -2.10. The van der Waals surface area contributed by atoms with Crippen LogP contribution in [0.1, 0.15) is 20.3 Å². The van der Waals surface area contributed by atoms with E-state index in [0.717, 1.165) is 11.3 Å². The van der Waals surface area contributed by atoms with E-state index in [1.807, 2.05) is 6.07 Å². The lowest BCUT2D eigenvalue weighted by atomic mass is 10.3. The maximum Gasteiger partial charge on any atom is 0.147 e. The zero-order valence-corrected chi connectivity index (χ0v) is 8.70. The van der Waals surface area contributed by atoms with E-state index in [9.17, 15) is 4.39 Å². The Bertz CT molecular complexity index is 288. The highest BCUT2D eigenvalue weighted by Crippen LogP contribution is 2.31. The van der Waals surface area contributed by atoms with Crippen LogP contribution in [0.25, 0.3) is 0 Å². The summed E-state index contributed by atoms with van der Waals surface area (Å²) in [6.45, 7) is 4.21. The third kappa shape index (κ3) is 2.62. The number of nitrogens with two attached hydrogens (primary N) is 1. The van der Waals surface area contributed by atoms with Crippen LogP contribution in [0.2, 0.25) is 0 Å². The van der Waals surface area contributed by atoms with Gasteiger partial charge in [0.25, 0.3) is 0 Å². The number of rotatable bonds is 3. The molecule has 0 heterocycles. The number of halogens is 1. The smallest absolute Gasteiger partial charge is 0.147 e. The van der Waals surface area contributed by atoms with Crippen molar-refractivity contribution in [1.29, 1.82) is 0 Å². The molecule has 1 atom stereocenters. The molecule has 0 aliphatic carbocycles. The molecule has 13 heavy (non-hydrogen) atoms. The van der Waals surface area contributed by atoms with Gasteiger partial charge in [-0.3, -0.25) is 0 Å². The average Bonchev–Trinajstić information content (AvgIpc) is 2.13. The molecule has 0 bridgehead atoms. The molecule has 2 N–H and O–H groups in total. The van der Waals surface area contributed by atoms with Gasteiger partial charge in [-0.1, -0.05) is 19.9 Å². The molecule has 0 aliphatic heterocycles. The summed E-state index contributed by atoms with van der Waals surface area (Å²) in [6.07, 6.45) is 1.06. The molecule has 1 aromatic carbocycles. The fraction of sp³-hybridized carbons (Fsp3) is 0.400. The van der Waals surface area contributed by atoms with Gasteiger partial charge in [-0.15, -0.1) is 11.8 Å². The van der Waals surface area contributed by atoms with E-state index in [0.29, 0.717) is 5.25 Å². The van der Waals surface area contributed by atoms with Gasteiger partial charge in [-0.25, -0.2) is 4.39 Å². The molecule has 0 saturated heterocycles. The minimum absolute atomic E-state index is 0.271. The predicted octanol–water partition coefficient (Wildman–Crippen LogP) is 3.30. The summed E-state index contributed by atoms with van der Waals surface area (Å²) >= 11 is 1.62. The molecule has 3 heteroatoms. The second-order valence-electron chi connectivity index (χ2n) is 2.99. The van der Waals surface area contributed by atoms with Crippen LogP contribution >= 0.6 is 11.8 Å². The van der Waals surface area contributed by atoms with Crippen LogP contribution in [-0.4, -0.2) is 5.25 Å². The van der Waals surface area contributed by atoms with Crippen molar-refractivity contribution in [2.75, 3.05) is 5.73 Å². The summed E-state index contributed by atoms with van der Waals surface area (Å²) in [5, 5.41) is 0.476. The van der Waals surface area contributed by atoms with Gasteiger partial charge in [-0.05, 0) is 18.6 Å². The fourth-order valence-electron chi connectivity index (χ4n) is 0.920. The van der Waals surface area contributed by atoms with E-state index in [-0.39, 0.29) is 11.5 Å². The van der Waals surface area contributed by atoms with Gasteiger partial charge in [0.15, 0.2) is 0 Å². The minimum atomic E-state index is -0.326. The third-order valence-electron chi connectivity index (χ3n) is 1.92. The minimum Gasteiger partial charge on any atom is -0.395 e. The first-order chi connectivity index (χ1) is 6.15. The van der Waals surface area contributed by atoms with Crippen molar-refractivity contribution in [3.63, 3.8) is 0 Å². The number of benzene rings is 1. The highest BCUT2D eigenvalue weighted by atomic mass is 32.2. The Hall–Kier alpha value is -0.700. The average molecular weight is 199 g/mol. The van der Waals surface area contributed by atoms with Gasteiger partial charge >= 0.3 is 0 Å². The Kier molecular flexibility index (Phi) is 3.60. The highest BCUT2D eigenvalue weighted by molar-refractivity contribution is 8.00. The second-order valence-corrected chi connectivity index (χ2v) is 4.47. The van der Waals surface area contributed by atoms with Crippen molar-refractivity contribution in [1.82, 2.24) is 0 Å². The van der Waals surface area contributed by atoms with E-state index in [2.05, 4.69) is 13.8 Å². The molecule has 0 amide bonds. The number of hydrogen-bond acceptors (Lipinski definition) is 2. The molecule has 0 saturated carbocycles. The van der Waals surface area contributed by atoms with Gasteiger partial charge in [0.2, 0.25) is 0 Å². The third-order valence-corrected chi connectivity index (χ3v) is 3.26. The largest absolute Gasteiger partial charge is 0.395 e. The second kappa shape index (κ2) is 4.51. The monoisotopic (exact) mass is 199 g/mol. The van der Waals surface area contributed by atoms with Crippen LogP contribution < -0.4 is 5.73 Å². The van der Waals surface area contributed by atoms with Gasteiger partial charge in [0.1, 0.15) is 5.82 Å². The lowest BCUT2D eigenvalue weighted by molar-refractivity contribution is 0.629. The molecule has 72 valence electrons. The normalized spacial score (nSPS) is 12.8. The molecule has 1 rings (SSSR count). The van der Waals surface area contributed by atoms with Gasteiger partial charge in [-0.2, -0.15) is 0 Å². The van der Waals surface area contributed by atoms with Crippen molar-refractivity contribution in [2.24, 2.45) is 0 Å². The Balaban J connectivity index is 2.83. The van der Waals surface area contributed by atoms with Gasteiger partial charge < -0.3 is 5.73 Å². The van der Waals surface area contributed by atoms with Crippen molar-refractivity contribution in [3.8, 4) is 0 Å². The molecule has 0 aromatic heterocycles. The lowest BCUT2D eigenvalue weighted by Crippen LogP contribution is -1.97. The number of anilines is 1. The van der Waals surface area contributed by atoms with Crippen LogP contribution in [0.4, 0.5) is 10.1 Å². The Morgan fingerprint density at radius 3 is 2.85 bits per heavy atom. The molecule has 0 aliphatic rings. The van der Waals surface area contributed by atoms with Crippen molar-refractivity contribution >= 4 is 17.4 Å². The Morgan fingerprint density at radius 1 is 1.54 bits per heavy atom. The Morgan fingerprint density at radius 2 is 2.23 bits per heavy atom. The fourth-order valence-corrected chi connectivity index (χ4v) is 1.90. The van der Waals surface area contributed by atoms with Crippen LogP contribution in [0, 0.1) is 5.82 Å². The molecular formula is C10H14FNS. The molecule has 1 unspecified atom stereocenters. The summed E-state index contributed by atoms with van der Waals surface area (Å²) in [5.74, 6) is -0.326. The van der Waals surface area contributed by atoms with Crippen LogP contribution in [0.3, 0.4) is 0 Å². The first kappa shape index (κ1) is 10.4. The summed E-state index contributed by atoms with van der Waals surface area (Å²) in [7, 11) is 0. The maximum absolute atomic E-state index is 13.0. The van der Waals surface area contributed by atoms with Crippen molar-refractivity contribution in [2.45, 2.75) is 30.4 Å². The number of hydrogen-bond donors (Lipinski definition) is 1. The van der Waals surface area contributed by atoms with E-state index in [1.165, 1.54) is 6.07 Å².